The molecule has 2 unspecified atom stereocenters. The maximum Gasteiger partial charge on any atom is 0.130 e. The van der Waals surface area contributed by atoms with Crippen molar-refractivity contribution in [3.63, 3.8) is 0 Å². The fourth-order valence-electron chi connectivity index (χ4n) is 3.79. The molecule has 3 heteroatoms. The molecular weight excluding hydrogens is 294 g/mol. The van der Waals surface area contributed by atoms with E-state index in [9.17, 15) is 0 Å². The summed E-state index contributed by atoms with van der Waals surface area (Å²) in [4.78, 5) is 2.43. The van der Waals surface area contributed by atoms with E-state index >= 15 is 0 Å². The molecule has 0 amide bonds. The first kappa shape index (κ1) is 13.5. The number of nitrogens with one attached hydrogen (secondary N) is 2. The van der Waals surface area contributed by atoms with E-state index in [1.165, 1.54) is 33.8 Å². The summed E-state index contributed by atoms with van der Waals surface area (Å²) in [7, 11) is 0. The van der Waals surface area contributed by atoms with Gasteiger partial charge in [0.2, 0.25) is 0 Å². The fraction of sp³-hybridized carbons (Fsp3) is 0.143. The fourth-order valence-corrected chi connectivity index (χ4v) is 3.79. The molecule has 3 aromatic carbocycles. The Labute approximate surface area is 141 Å². The number of hydrogen-bond donors (Lipinski definition) is 2. The lowest BCUT2D eigenvalue weighted by atomic mass is 9.95. The Morgan fingerprint density at radius 3 is 1.71 bits per heavy atom. The second kappa shape index (κ2) is 5.03. The van der Waals surface area contributed by atoms with Gasteiger partial charge >= 0.3 is 0 Å². The Balaban J connectivity index is 1.71. The van der Waals surface area contributed by atoms with Gasteiger partial charge in [-0.1, -0.05) is 54.1 Å². The minimum absolute atomic E-state index is 0.130. The Bertz CT molecular complexity index is 847. The molecule has 3 aromatic rings. The Morgan fingerprint density at radius 1 is 0.667 bits per heavy atom. The van der Waals surface area contributed by atoms with Gasteiger partial charge in [-0.25, -0.2) is 0 Å². The molecule has 2 N–H and O–H groups in total. The van der Waals surface area contributed by atoms with Crippen LogP contribution in [0.25, 0.3) is 0 Å². The molecule has 118 valence electrons. The molecule has 2 bridgehead atoms. The lowest BCUT2D eigenvalue weighted by Gasteiger charge is -2.50. The topological polar surface area (TPSA) is 27.3 Å². The van der Waals surface area contributed by atoms with Crippen LogP contribution in [0.5, 0.6) is 0 Å². The van der Waals surface area contributed by atoms with Gasteiger partial charge in [0.25, 0.3) is 0 Å². The van der Waals surface area contributed by atoms with E-state index in [4.69, 9.17) is 0 Å². The van der Waals surface area contributed by atoms with Crippen LogP contribution >= 0.6 is 0 Å². The van der Waals surface area contributed by atoms with E-state index in [1.807, 2.05) is 0 Å². The van der Waals surface area contributed by atoms with Crippen LogP contribution in [0.1, 0.15) is 29.0 Å². The number of rotatable bonds is 1. The summed E-state index contributed by atoms with van der Waals surface area (Å²) < 4.78 is 0. The first-order chi connectivity index (χ1) is 11.8. The van der Waals surface area contributed by atoms with Crippen molar-refractivity contribution in [3.05, 3.63) is 89.5 Å². The molecule has 0 aromatic heterocycles. The second-order valence-electron chi connectivity index (χ2n) is 6.51. The standard InChI is InChI=1S/C21H19N3/c1-14-10-12-15(13-11-14)24-20-16-6-2-4-8-18(16)22-21(24)17-7-3-5-9-19(17)23-20/h2-13,20-23H,1H3. The lowest BCUT2D eigenvalue weighted by molar-refractivity contribution is 0.561. The Morgan fingerprint density at radius 2 is 1.17 bits per heavy atom. The zero-order valence-corrected chi connectivity index (χ0v) is 13.5. The number of anilines is 3. The first-order valence-electron chi connectivity index (χ1n) is 8.37. The average molecular weight is 313 g/mol. The number of nitrogens with zero attached hydrogens (tertiary/aromatic N) is 1. The Kier molecular flexibility index (Phi) is 2.83. The monoisotopic (exact) mass is 313 g/mol. The van der Waals surface area contributed by atoms with Crippen molar-refractivity contribution < 1.29 is 0 Å². The number of hydrogen-bond acceptors (Lipinski definition) is 3. The second-order valence-corrected chi connectivity index (χ2v) is 6.51. The van der Waals surface area contributed by atoms with E-state index in [-0.39, 0.29) is 12.3 Å². The molecule has 2 aliphatic rings. The van der Waals surface area contributed by atoms with Gasteiger partial charge in [0.15, 0.2) is 0 Å². The number of para-hydroxylation sites is 2. The van der Waals surface area contributed by atoms with Gasteiger partial charge < -0.3 is 15.5 Å². The molecule has 0 fully saturated rings. The minimum atomic E-state index is 0.130. The highest BCUT2D eigenvalue weighted by Crippen LogP contribution is 2.48. The van der Waals surface area contributed by atoms with Crippen molar-refractivity contribution in [1.29, 1.82) is 0 Å². The van der Waals surface area contributed by atoms with Crippen molar-refractivity contribution in [2.75, 3.05) is 15.5 Å². The summed E-state index contributed by atoms with van der Waals surface area (Å²) in [5, 5.41) is 7.47. The van der Waals surface area contributed by atoms with Gasteiger partial charge in [-0.15, -0.1) is 0 Å². The van der Waals surface area contributed by atoms with Crippen LogP contribution in [0.2, 0.25) is 0 Å². The van der Waals surface area contributed by atoms with E-state index < -0.39 is 0 Å². The number of benzene rings is 3. The van der Waals surface area contributed by atoms with Crippen LogP contribution in [0.4, 0.5) is 17.1 Å². The lowest BCUT2D eigenvalue weighted by Crippen LogP contribution is -2.47. The highest BCUT2D eigenvalue weighted by Gasteiger charge is 2.39. The maximum absolute atomic E-state index is 3.73. The molecule has 2 aliphatic heterocycles. The minimum Gasteiger partial charge on any atom is -0.361 e. The van der Waals surface area contributed by atoms with E-state index in [0.29, 0.717) is 0 Å². The highest BCUT2D eigenvalue weighted by molar-refractivity contribution is 5.73. The van der Waals surface area contributed by atoms with Crippen LogP contribution in [0.3, 0.4) is 0 Å². The molecule has 0 radical (unpaired) electrons. The molecule has 5 rings (SSSR count). The number of fused-ring (bicyclic) bond motifs is 6. The Hall–Kier alpha value is -2.94. The summed E-state index contributed by atoms with van der Waals surface area (Å²) in [6.07, 6.45) is 0.259. The van der Waals surface area contributed by atoms with Gasteiger partial charge in [0.05, 0.1) is 0 Å². The van der Waals surface area contributed by atoms with Crippen molar-refractivity contribution in [3.8, 4) is 0 Å². The number of aryl methyl sites for hydroxylation is 1. The van der Waals surface area contributed by atoms with Gasteiger partial charge in [0, 0.05) is 28.2 Å². The summed E-state index contributed by atoms with van der Waals surface area (Å²) in [6, 6.07) is 25.9. The normalized spacial score (nSPS) is 20.5. The van der Waals surface area contributed by atoms with Crippen molar-refractivity contribution in [1.82, 2.24) is 0 Å². The molecule has 0 spiro atoms. The van der Waals surface area contributed by atoms with Crippen LogP contribution < -0.4 is 15.5 Å². The van der Waals surface area contributed by atoms with Crippen LogP contribution in [0.15, 0.2) is 72.8 Å². The molecule has 24 heavy (non-hydrogen) atoms. The third-order valence-electron chi connectivity index (χ3n) is 4.98. The molecule has 0 saturated carbocycles. The van der Waals surface area contributed by atoms with E-state index in [2.05, 4.69) is 95.3 Å². The quantitative estimate of drug-likeness (QED) is 0.658. The molecule has 0 saturated heterocycles. The molecule has 2 heterocycles. The van der Waals surface area contributed by atoms with Crippen molar-refractivity contribution in [2.45, 2.75) is 19.3 Å². The maximum atomic E-state index is 3.73. The predicted octanol–water partition coefficient (Wildman–Crippen LogP) is 5.05. The summed E-state index contributed by atoms with van der Waals surface area (Å²) in [5.74, 6) is 0. The third kappa shape index (κ3) is 1.91. The van der Waals surface area contributed by atoms with Gasteiger partial charge in [-0.3, -0.25) is 0 Å². The summed E-state index contributed by atoms with van der Waals surface area (Å²) >= 11 is 0. The molecule has 3 nitrogen and oxygen atoms in total. The summed E-state index contributed by atoms with van der Waals surface area (Å²) in [5.41, 5.74) is 7.48. The third-order valence-corrected chi connectivity index (χ3v) is 4.98. The van der Waals surface area contributed by atoms with Gasteiger partial charge in [-0.2, -0.15) is 0 Å². The molecule has 2 atom stereocenters. The van der Waals surface area contributed by atoms with Crippen molar-refractivity contribution >= 4 is 17.1 Å². The summed E-state index contributed by atoms with van der Waals surface area (Å²) in [6.45, 7) is 2.13. The van der Waals surface area contributed by atoms with Gasteiger partial charge in [-0.05, 0) is 31.2 Å². The van der Waals surface area contributed by atoms with Crippen LogP contribution in [0, 0.1) is 6.92 Å². The molecule has 0 aliphatic carbocycles. The predicted molar refractivity (Wildman–Crippen MR) is 99.3 cm³/mol. The van der Waals surface area contributed by atoms with E-state index in [0.717, 1.165) is 0 Å². The smallest absolute Gasteiger partial charge is 0.130 e. The van der Waals surface area contributed by atoms with E-state index in [1.54, 1.807) is 0 Å². The largest absolute Gasteiger partial charge is 0.361 e. The van der Waals surface area contributed by atoms with Crippen LogP contribution in [-0.2, 0) is 0 Å². The van der Waals surface area contributed by atoms with Crippen molar-refractivity contribution in [2.24, 2.45) is 0 Å². The molecular formula is C21H19N3. The van der Waals surface area contributed by atoms with Crippen LogP contribution in [-0.4, -0.2) is 0 Å². The first-order valence-corrected chi connectivity index (χ1v) is 8.37. The zero-order chi connectivity index (χ0) is 16.1. The highest BCUT2D eigenvalue weighted by atomic mass is 15.4. The zero-order valence-electron chi connectivity index (χ0n) is 13.5. The van der Waals surface area contributed by atoms with Gasteiger partial charge in [0.1, 0.15) is 12.3 Å². The average Bonchev–Trinajstić information content (AvgIpc) is 2.62. The SMILES string of the molecule is Cc1ccc(N2C3Nc4ccccc4C2Nc2ccccc23)cc1.